The maximum Gasteiger partial charge on any atom is 0.277 e. The molecule has 1 amide bonds. The van der Waals surface area contributed by atoms with Gasteiger partial charge in [-0.1, -0.05) is 11.6 Å². The third kappa shape index (κ3) is 2.48. The van der Waals surface area contributed by atoms with Crippen LogP contribution in [-0.4, -0.2) is 26.3 Å². The second kappa shape index (κ2) is 4.63. The van der Waals surface area contributed by atoms with Crippen molar-refractivity contribution in [2.75, 3.05) is 5.32 Å². The monoisotopic (exact) mass is 235 g/mol. The van der Waals surface area contributed by atoms with E-state index in [1.165, 1.54) is 18.3 Å². The summed E-state index contributed by atoms with van der Waals surface area (Å²) in [7, 11) is 0. The van der Waals surface area contributed by atoms with E-state index in [0.717, 1.165) is 0 Å². The molecule has 0 aliphatic heterocycles. The normalized spacial score (nSPS) is 9.81. The Labute approximate surface area is 95.7 Å². The van der Waals surface area contributed by atoms with E-state index < -0.39 is 5.91 Å². The molecule has 0 aliphatic rings. The molecule has 0 aliphatic carbocycles. The summed E-state index contributed by atoms with van der Waals surface area (Å²) >= 11 is 5.55. The van der Waals surface area contributed by atoms with E-state index in [1.807, 2.05) is 0 Å². The van der Waals surface area contributed by atoms with Gasteiger partial charge in [-0.3, -0.25) is 4.79 Å². The van der Waals surface area contributed by atoms with Crippen molar-refractivity contribution < 1.29 is 4.79 Å². The van der Waals surface area contributed by atoms with Crippen LogP contribution >= 0.6 is 11.6 Å². The van der Waals surface area contributed by atoms with E-state index in [1.54, 1.807) is 12.1 Å². The van der Waals surface area contributed by atoms with Crippen LogP contribution in [0.3, 0.4) is 0 Å². The number of halogens is 1. The molecule has 1 N–H and O–H groups in total. The van der Waals surface area contributed by atoms with Crippen molar-refractivity contribution in [2.24, 2.45) is 0 Å². The highest BCUT2D eigenvalue weighted by molar-refractivity contribution is 6.29. The lowest BCUT2D eigenvalue weighted by Crippen LogP contribution is -2.15. The fraction of sp³-hybridized carbons (Fsp3) is 0. The van der Waals surface area contributed by atoms with Gasteiger partial charge in [0, 0.05) is 6.20 Å². The molecular weight excluding hydrogens is 230 g/mol. The lowest BCUT2D eigenvalue weighted by Gasteiger charge is -2.01. The number of carbonyl (C=O) groups is 1. The van der Waals surface area contributed by atoms with Crippen molar-refractivity contribution in [3.05, 3.63) is 41.3 Å². The third-order valence-electron chi connectivity index (χ3n) is 1.68. The molecule has 0 saturated heterocycles. The second-order valence-electron chi connectivity index (χ2n) is 2.80. The zero-order valence-corrected chi connectivity index (χ0v) is 8.72. The number of hydrogen-bond acceptors (Lipinski definition) is 5. The molecule has 2 rings (SSSR count). The Hall–Kier alpha value is -2.08. The van der Waals surface area contributed by atoms with Gasteiger partial charge >= 0.3 is 0 Å². The highest BCUT2D eigenvalue weighted by Crippen LogP contribution is 2.05. The Kier molecular flexibility index (Phi) is 3.02. The standard InChI is InChI=1S/C9H6ClN5O/c10-7-4-3-6(13-14-7)9(16)12-8-2-1-5-11-15-8/h1-5H,(H,12,15,16). The molecular formula is C9H6ClN5O. The van der Waals surface area contributed by atoms with Gasteiger partial charge in [-0.25, -0.2) is 0 Å². The molecule has 2 aromatic heterocycles. The zero-order valence-electron chi connectivity index (χ0n) is 7.96. The Balaban J connectivity index is 2.12. The maximum atomic E-state index is 11.6. The summed E-state index contributed by atoms with van der Waals surface area (Å²) in [6, 6.07) is 6.24. The smallest absolute Gasteiger partial charge is 0.277 e. The van der Waals surface area contributed by atoms with Crippen molar-refractivity contribution in [3.63, 3.8) is 0 Å². The molecule has 0 aromatic carbocycles. The molecule has 0 spiro atoms. The van der Waals surface area contributed by atoms with E-state index in [-0.39, 0.29) is 10.8 Å². The predicted molar refractivity (Wildman–Crippen MR) is 57.0 cm³/mol. The van der Waals surface area contributed by atoms with E-state index in [0.29, 0.717) is 5.82 Å². The van der Waals surface area contributed by atoms with Crippen LogP contribution in [0.25, 0.3) is 0 Å². The fourth-order valence-electron chi connectivity index (χ4n) is 0.986. The number of amides is 1. The van der Waals surface area contributed by atoms with Crippen LogP contribution in [0.5, 0.6) is 0 Å². The van der Waals surface area contributed by atoms with Gasteiger partial charge in [0.15, 0.2) is 16.7 Å². The number of carbonyl (C=O) groups excluding carboxylic acids is 1. The van der Waals surface area contributed by atoms with Gasteiger partial charge in [0.25, 0.3) is 5.91 Å². The quantitative estimate of drug-likeness (QED) is 0.845. The van der Waals surface area contributed by atoms with Crippen LogP contribution in [0.1, 0.15) is 10.5 Å². The maximum absolute atomic E-state index is 11.6. The first-order valence-corrected chi connectivity index (χ1v) is 4.72. The Morgan fingerprint density at radius 3 is 2.69 bits per heavy atom. The number of hydrogen-bond donors (Lipinski definition) is 1. The van der Waals surface area contributed by atoms with Crippen molar-refractivity contribution in [1.29, 1.82) is 0 Å². The van der Waals surface area contributed by atoms with E-state index in [2.05, 4.69) is 25.7 Å². The molecule has 0 fully saturated rings. The SMILES string of the molecule is O=C(Nc1cccnn1)c1ccc(Cl)nn1. The summed E-state index contributed by atoms with van der Waals surface area (Å²) in [5.74, 6) is -0.0612. The number of nitrogens with zero attached hydrogens (tertiary/aromatic N) is 4. The van der Waals surface area contributed by atoms with Crippen molar-refractivity contribution in [2.45, 2.75) is 0 Å². The molecule has 0 radical (unpaired) electrons. The number of rotatable bonds is 2. The Morgan fingerprint density at radius 2 is 2.06 bits per heavy atom. The van der Waals surface area contributed by atoms with Crippen LogP contribution in [0.15, 0.2) is 30.5 Å². The lowest BCUT2D eigenvalue weighted by molar-refractivity contribution is 0.102. The predicted octanol–water partition coefficient (Wildman–Crippen LogP) is 1.17. The van der Waals surface area contributed by atoms with Gasteiger partial charge in [-0.2, -0.15) is 5.10 Å². The molecule has 7 heteroatoms. The van der Waals surface area contributed by atoms with Crippen LogP contribution in [0.4, 0.5) is 5.82 Å². The largest absolute Gasteiger partial charge is 0.304 e. The van der Waals surface area contributed by atoms with Crippen LogP contribution < -0.4 is 5.32 Å². The van der Waals surface area contributed by atoms with Crippen molar-refractivity contribution in [3.8, 4) is 0 Å². The summed E-state index contributed by atoms with van der Waals surface area (Å²) < 4.78 is 0. The Bertz CT molecular complexity index is 487. The van der Waals surface area contributed by atoms with Gasteiger partial charge in [-0.05, 0) is 24.3 Å². The van der Waals surface area contributed by atoms with E-state index in [4.69, 9.17) is 11.6 Å². The first-order chi connectivity index (χ1) is 7.75. The molecule has 2 aromatic rings. The number of nitrogens with one attached hydrogen (secondary N) is 1. The van der Waals surface area contributed by atoms with Crippen LogP contribution in [-0.2, 0) is 0 Å². The molecule has 0 unspecified atom stereocenters. The van der Waals surface area contributed by atoms with E-state index >= 15 is 0 Å². The Morgan fingerprint density at radius 1 is 1.19 bits per heavy atom. The third-order valence-corrected chi connectivity index (χ3v) is 1.88. The average molecular weight is 236 g/mol. The molecule has 2 heterocycles. The summed E-state index contributed by atoms with van der Waals surface area (Å²) in [6.07, 6.45) is 1.51. The minimum atomic E-state index is -0.412. The molecule has 0 bridgehead atoms. The summed E-state index contributed by atoms with van der Waals surface area (Å²) in [5, 5.41) is 17.3. The van der Waals surface area contributed by atoms with Gasteiger partial charge in [0.05, 0.1) is 0 Å². The van der Waals surface area contributed by atoms with Gasteiger partial charge < -0.3 is 5.32 Å². The minimum absolute atomic E-state index is 0.162. The molecule has 0 atom stereocenters. The zero-order chi connectivity index (χ0) is 11.4. The van der Waals surface area contributed by atoms with Gasteiger partial charge in [-0.15, -0.1) is 15.3 Å². The van der Waals surface area contributed by atoms with Crippen molar-refractivity contribution in [1.82, 2.24) is 20.4 Å². The van der Waals surface area contributed by atoms with Gasteiger partial charge in [0.2, 0.25) is 0 Å². The number of aromatic nitrogens is 4. The summed E-state index contributed by atoms with van der Waals surface area (Å²) in [4.78, 5) is 11.6. The molecule has 80 valence electrons. The molecule has 6 nitrogen and oxygen atoms in total. The highest BCUT2D eigenvalue weighted by atomic mass is 35.5. The topological polar surface area (TPSA) is 80.7 Å². The first-order valence-electron chi connectivity index (χ1n) is 4.34. The summed E-state index contributed by atoms with van der Waals surface area (Å²) in [6.45, 7) is 0. The second-order valence-corrected chi connectivity index (χ2v) is 3.19. The van der Waals surface area contributed by atoms with Crippen molar-refractivity contribution >= 4 is 23.3 Å². The van der Waals surface area contributed by atoms with E-state index in [9.17, 15) is 4.79 Å². The summed E-state index contributed by atoms with van der Waals surface area (Å²) in [5.41, 5.74) is 0.162. The average Bonchev–Trinajstić information content (AvgIpc) is 2.31. The minimum Gasteiger partial charge on any atom is -0.304 e. The lowest BCUT2D eigenvalue weighted by atomic mass is 10.3. The highest BCUT2D eigenvalue weighted by Gasteiger charge is 2.08. The fourth-order valence-corrected chi connectivity index (χ4v) is 1.09. The van der Waals surface area contributed by atoms with Crippen LogP contribution in [0.2, 0.25) is 5.15 Å². The number of anilines is 1. The van der Waals surface area contributed by atoms with Crippen LogP contribution in [0, 0.1) is 0 Å². The van der Waals surface area contributed by atoms with Gasteiger partial charge in [0.1, 0.15) is 0 Å². The first kappa shape index (κ1) is 10.4. The molecule has 16 heavy (non-hydrogen) atoms. The molecule has 0 saturated carbocycles.